The van der Waals surface area contributed by atoms with E-state index in [1.165, 1.54) is 17.2 Å². The van der Waals surface area contributed by atoms with Gasteiger partial charge in [0, 0.05) is 42.3 Å². The standard InChI is InChI=1S/C24H23ClFN7O2/c25-21-15-18(35-13-11-28-17-6-9-27-10-7-17)14-20(23(21)19-4-1-2-5-22(19)26)24(34)29-8-3-12-33-31-16-30-32-33/h1-2,4-7,9-10,14-16H,3,8,11-13H2,(H,27,28)(H,29,34). The largest absolute Gasteiger partial charge is 0.492 e. The summed E-state index contributed by atoms with van der Waals surface area (Å²) in [4.78, 5) is 18.5. The van der Waals surface area contributed by atoms with Crippen LogP contribution in [0, 0.1) is 5.82 Å². The summed E-state index contributed by atoms with van der Waals surface area (Å²) in [6, 6.07) is 13.0. The Kier molecular flexibility index (Phi) is 8.18. The van der Waals surface area contributed by atoms with Crippen LogP contribution in [-0.2, 0) is 6.54 Å². The fourth-order valence-electron chi connectivity index (χ4n) is 3.42. The number of carbonyl (C=O) groups excluding carboxylic acids is 1. The van der Waals surface area contributed by atoms with Gasteiger partial charge in [-0.05, 0) is 42.0 Å². The van der Waals surface area contributed by atoms with Crippen LogP contribution in [0.1, 0.15) is 16.8 Å². The minimum absolute atomic E-state index is 0.214. The lowest BCUT2D eigenvalue weighted by Crippen LogP contribution is -2.26. The summed E-state index contributed by atoms with van der Waals surface area (Å²) in [6.45, 7) is 1.70. The Labute approximate surface area is 206 Å². The zero-order valence-corrected chi connectivity index (χ0v) is 19.5. The Morgan fingerprint density at radius 1 is 1.11 bits per heavy atom. The van der Waals surface area contributed by atoms with E-state index < -0.39 is 11.7 Å². The third-order valence-corrected chi connectivity index (χ3v) is 5.34. The molecule has 0 aliphatic heterocycles. The van der Waals surface area contributed by atoms with Crippen molar-refractivity contribution in [3.63, 3.8) is 0 Å². The molecule has 0 atom stereocenters. The summed E-state index contributed by atoms with van der Waals surface area (Å²) in [5.41, 5.74) is 1.68. The van der Waals surface area contributed by atoms with Gasteiger partial charge in [0.05, 0.1) is 17.1 Å². The third-order valence-electron chi connectivity index (χ3n) is 5.04. The Bertz CT molecular complexity index is 1260. The van der Waals surface area contributed by atoms with E-state index >= 15 is 0 Å². The average Bonchev–Trinajstić information content (AvgIpc) is 3.39. The minimum atomic E-state index is -0.476. The molecule has 4 aromatic rings. The number of ether oxygens (including phenoxy) is 1. The van der Waals surface area contributed by atoms with E-state index in [-0.39, 0.29) is 16.1 Å². The lowest BCUT2D eigenvalue weighted by Gasteiger charge is -2.16. The molecular formula is C24H23ClFN7O2. The van der Waals surface area contributed by atoms with E-state index in [0.29, 0.717) is 44.0 Å². The van der Waals surface area contributed by atoms with Crippen molar-refractivity contribution in [2.24, 2.45) is 0 Å². The van der Waals surface area contributed by atoms with Crippen molar-refractivity contribution < 1.29 is 13.9 Å². The fourth-order valence-corrected chi connectivity index (χ4v) is 3.74. The number of nitrogens with zero attached hydrogens (tertiary/aromatic N) is 5. The summed E-state index contributed by atoms with van der Waals surface area (Å²) in [7, 11) is 0. The van der Waals surface area contributed by atoms with Gasteiger partial charge < -0.3 is 15.4 Å². The molecule has 2 aromatic heterocycles. The van der Waals surface area contributed by atoms with Crippen molar-refractivity contribution in [2.45, 2.75) is 13.0 Å². The summed E-state index contributed by atoms with van der Waals surface area (Å²) >= 11 is 6.55. The quantitative estimate of drug-likeness (QED) is 0.304. The second-order valence-corrected chi connectivity index (χ2v) is 7.87. The molecule has 0 aliphatic rings. The van der Waals surface area contributed by atoms with Crippen LogP contribution in [0.4, 0.5) is 10.1 Å². The highest BCUT2D eigenvalue weighted by molar-refractivity contribution is 6.34. The highest BCUT2D eigenvalue weighted by Gasteiger charge is 2.20. The molecular weight excluding hydrogens is 473 g/mol. The molecule has 0 spiro atoms. The Morgan fingerprint density at radius 3 is 2.71 bits per heavy atom. The zero-order chi connectivity index (χ0) is 24.5. The number of hydrogen-bond acceptors (Lipinski definition) is 7. The van der Waals surface area contributed by atoms with E-state index in [4.69, 9.17) is 16.3 Å². The highest BCUT2D eigenvalue weighted by Crippen LogP contribution is 2.36. The van der Waals surface area contributed by atoms with Crippen LogP contribution in [0.3, 0.4) is 0 Å². The van der Waals surface area contributed by atoms with Gasteiger partial charge in [0.1, 0.15) is 18.2 Å². The Morgan fingerprint density at radius 2 is 1.94 bits per heavy atom. The molecule has 2 heterocycles. The fraction of sp³-hybridized carbons (Fsp3) is 0.208. The smallest absolute Gasteiger partial charge is 0.252 e. The molecule has 0 radical (unpaired) electrons. The maximum absolute atomic E-state index is 14.6. The van der Waals surface area contributed by atoms with Crippen molar-refractivity contribution in [3.8, 4) is 16.9 Å². The van der Waals surface area contributed by atoms with Gasteiger partial charge in [0.2, 0.25) is 0 Å². The predicted molar refractivity (Wildman–Crippen MR) is 130 cm³/mol. The van der Waals surface area contributed by atoms with Crippen molar-refractivity contribution in [3.05, 3.63) is 83.7 Å². The molecule has 2 N–H and O–H groups in total. The SMILES string of the molecule is O=C(NCCCn1ncnn1)c1cc(OCCNc2ccncc2)cc(Cl)c1-c1ccccc1F. The van der Waals surface area contributed by atoms with Gasteiger partial charge in [0.15, 0.2) is 6.33 Å². The number of hydrogen-bond donors (Lipinski definition) is 2. The highest BCUT2D eigenvalue weighted by atomic mass is 35.5. The molecule has 4 rings (SSSR count). The van der Waals surface area contributed by atoms with Gasteiger partial charge in [-0.1, -0.05) is 29.8 Å². The second kappa shape index (κ2) is 11.9. The Balaban J connectivity index is 1.48. The van der Waals surface area contributed by atoms with Crippen molar-refractivity contribution in [1.82, 2.24) is 30.5 Å². The van der Waals surface area contributed by atoms with Gasteiger partial charge in [-0.25, -0.2) is 4.39 Å². The van der Waals surface area contributed by atoms with Gasteiger partial charge in [-0.15, -0.1) is 10.2 Å². The van der Waals surface area contributed by atoms with Crippen LogP contribution in [0.5, 0.6) is 5.75 Å². The minimum Gasteiger partial charge on any atom is -0.492 e. The zero-order valence-electron chi connectivity index (χ0n) is 18.7. The number of benzene rings is 2. The third kappa shape index (κ3) is 6.51. The number of pyridine rings is 1. The Hall–Kier alpha value is -4.05. The first kappa shape index (κ1) is 24.1. The van der Waals surface area contributed by atoms with Crippen LogP contribution in [0.15, 0.2) is 67.3 Å². The van der Waals surface area contributed by atoms with Crippen molar-refractivity contribution >= 4 is 23.2 Å². The summed E-state index contributed by atoms with van der Waals surface area (Å²) in [5.74, 6) is -0.462. The van der Waals surface area contributed by atoms with Crippen LogP contribution in [0.2, 0.25) is 5.02 Å². The van der Waals surface area contributed by atoms with Gasteiger partial charge in [-0.2, -0.15) is 4.80 Å². The number of anilines is 1. The summed E-state index contributed by atoms with van der Waals surface area (Å²) in [5, 5.41) is 17.6. The molecule has 0 aliphatic carbocycles. The molecule has 2 aromatic carbocycles. The maximum Gasteiger partial charge on any atom is 0.252 e. The second-order valence-electron chi connectivity index (χ2n) is 7.46. The number of nitrogens with one attached hydrogen (secondary N) is 2. The molecule has 35 heavy (non-hydrogen) atoms. The van der Waals surface area contributed by atoms with Gasteiger partial charge >= 0.3 is 0 Å². The van der Waals surface area contributed by atoms with E-state index in [9.17, 15) is 9.18 Å². The van der Waals surface area contributed by atoms with Crippen molar-refractivity contribution in [2.75, 3.05) is 25.0 Å². The summed E-state index contributed by atoms with van der Waals surface area (Å²) < 4.78 is 20.4. The molecule has 0 unspecified atom stereocenters. The first-order valence-electron chi connectivity index (χ1n) is 11.0. The molecule has 0 saturated carbocycles. The number of aryl methyl sites for hydroxylation is 1. The molecule has 0 fully saturated rings. The first-order valence-corrected chi connectivity index (χ1v) is 11.3. The molecule has 0 bridgehead atoms. The van der Waals surface area contributed by atoms with E-state index in [1.807, 2.05) is 12.1 Å². The summed E-state index contributed by atoms with van der Waals surface area (Å²) in [6.07, 6.45) is 5.32. The lowest BCUT2D eigenvalue weighted by molar-refractivity contribution is 0.0952. The van der Waals surface area contributed by atoms with Crippen LogP contribution >= 0.6 is 11.6 Å². The number of halogens is 2. The first-order chi connectivity index (χ1) is 17.1. The van der Waals surface area contributed by atoms with E-state index in [2.05, 4.69) is 31.0 Å². The van der Waals surface area contributed by atoms with E-state index in [0.717, 1.165) is 5.69 Å². The molecule has 11 heteroatoms. The molecule has 9 nitrogen and oxygen atoms in total. The number of rotatable bonds is 11. The molecule has 1 amide bonds. The van der Waals surface area contributed by atoms with Crippen LogP contribution in [-0.4, -0.2) is 50.8 Å². The topological polar surface area (TPSA) is 107 Å². The maximum atomic E-state index is 14.6. The predicted octanol–water partition coefficient (Wildman–Crippen LogP) is 3.84. The van der Waals surface area contributed by atoms with Crippen LogP contribution < -0.4 is 15.4 Å². The van der Waals surface area contributed by atoms with E-state index in [1.54, 1.807) is 42.7 Å². The average molecular weight is 496 g/mol. The van der Waals surface area contributed by atoms with Gasteiger partial charge in [-0.3, -0.25) is 9.78 Å². The number of carbonyl (C=O) groups is 1. The number of amides is 1. The molecule has 180 valence electrons. The lowest BCUT2D eigenvalue weighted by atomic mass is 9.98. The molecule has 0 saturated heterocycles. The monoisotopic (exact) mass is 495 g/mol. The number of aromatic nitrogens is 5. The van der Waals surface area contributed by atoms with Gasteiger partial charge in [0.25, 0.3) is 5.91 Å². The normalized spacial score (nSPS) is 10.7. The van der Waals surface area contributed by atoms with Crippen molar-refractivity contribution in [1.29, 1.82) is 0 Å². The van der Waals surface area contributed by atoms with Crippen LogP contribution in [0.25, 0.3) is 11.1 Å². The number of tetrazole rings is 1.